The predicted molar refractivity (Wildman–Crippen MR) is 144 cm³/mol. The number of benzene rings is 3. The summed E-state index contributed by atoms with van der Waals surface area (Å²) >= 11 is 0. The topological polar surface area (TPSA) is 23.4 Å². The highest BCUT2D eigenvalue weighted by Crippen LogP contribution is 2.37. The molecule has 3 nitrogen and oxygen atoms in total. The minimum Gasteiger partial charge on any atom is -0.399 e. The van der Waals surface area contributed by atoms with Gasteiger partial charge in [-0.05, 0) is 75.8 Å². The van der Waals surface area contributed by atoms with Crippen LogP contribution in [0.25, 0.3) is 27.5 Å². The van der Waals surface area contributed by atoms with Crippen molar-refractivity contribution in [3.8, 4) is 5.69 Å². The van der Waals surface area contributed by atoms with Crippen molar-refractivity contribution in [3.05, 3.63) is 72.3 Å². The van der Waals surface area contributed by atoms with Crippen LogP contribution in [-0.2, 0) is 15.7 Å². The molecule has 0 atom stereocenters. The van der Waals surface area contributed by atoms with Crippen LogP contribution in [0.2, 0.25) is 0 Å². The fourth-order valence-electron chi connectivity index (χ4n) is 4.96. The van der Waals surface area contributed by atoms with Crippen LogP contribution in [0.15, 0.2) is 66.7 Å². The lowest BCUT2D eigenvalue weighted by atomic mass is 9.79. The SMILES string of the molecule is CCCCCCc1ccc(-n2c3ccccc3c3ccc(B4OC(C)(C)C(C)(C)O4)cc32)cc1. The Morgan fingerprint density at radius 3 is 2.12 bits per heavy atom. The number of fused-ring (bicyclic) bond motifs is 3. The molecule has 34 heavy (non-hydrogen) atoms. The molecule has 0 amide bonds. The molecule has 176 valence electrons. The van der Waals surface area contributed by atoms with E-state index in [1.54, 1.807) is 0 Å². The monoisotopic (exact) mass is 453 g/mol. The second-order valence-electron chi connectivity index (χ2n) is 10.7. The van der Waals surface area contributed by atoms with Gasteiger partial charge in [0.1, 0.15) is 0 Å². The van der Waals surface area contributed by atoms with Crippen molar-refractivity contribution in [1.82, 2.24) is 4.57 Å². The molecule has 3 aromatic carbocycles. The van der Waals surface area contributed by atoms with Crippen molar-refractivity contribution in [1.29, 1.82) is 0 Å². The maximum absolute atomic E-state index is 6.36. The number of unbranched alkanes of at least 4 members (excludes halogenated alkanes) is 3. The Bertz CT molecular complexity index is 1290. The molecule has 0 radical (unpaired) electrons. The molecule has 0 saturated carbocycles. The Hall–Kier alpha value is -2.56. The highest BCUT2D eigenvalue weighted by atomic mass is 16.7. The summed E-state index contributed by atoms with van der Waals surface area (Å²) in [4.78, 5) is 0. The van der Waals surface area contributed by atoms with E-state index in [0.29, 0.717) is 0 Å². The average Bonchev–Trinajstić information content (AvgIpc) is 3.26. The van der Waals surface area contributed by atoms with Gasteiger partial charge in [0.15, 0.2) is 0 Å². The first kappa shape index (κ1) is 23.2. The molecular formula is C30H36BNO2. The lowest BCUT2D eigenvalue weighted by Crippen LogP contribution is -2.41. The summed E-state index contributed by atoms with van der Waals surface area (Å²) in [5.74, 6) is 0. The number of aromatic nitrogens is 1. The molecule has 2 heterocycles. The highest BCUT2D eigenvalue weighted by Gasteiger charge is 2.51. The second kappa shape index (κ2) is 8.90. The molecule has 0 unspecified atom stereocenters. The van der Waals surface area contributed by atoms with Gasteiger partial charge in [-0.2, -0.15) is 0 Å². The third kappa shape index (κ3) is 4.08. The van der Waals surface area contributed by atoms with E-state index in [1.165, 1.54) is 58.7 Å². The quantitative estimate of drug-likeness (QED) is 0.218. The number of para-hydroxylation sites is 1. The second-order valence-corrected chi connectivity index (χ2v) is 10.7. The molecule has 4 heteroatoms. The molecule has 1 fully saturated rings. The van der Waals surface area contributed by atoms with Gasteiger partial charge in [-0.3, -0.25) is 0 Å². The summed E-state index contributed by atoms with van der Waals surface area (Å²) in [6.07, 6.45) is 6.33. The van der Waals surface area contributed by atoms with Crippen LogP contribution in [0.1, 0.15) is 65.9 Å². The highest BCUT2D eigenvalue weighted by molar-refractivity contribution is 6.62. The van der Waals surface area contributed by atoms with E-state index in [9.17, 15) is 0 Å². The van der Waals surface area contributed by atoms with Gasteiger partial charge < -0.3 is 13.9 Å². The Labute approximate surface area is 204 Å². The third-order valence-electron chi connectivity index (χ3n) is 7.74. The fraction of sp³-hybridized carbons (Fsp3) is 0.400. The van der Waals surface area contributed by atoms with Crippen molar-refractivity contribution in [2.75, 3.05) is 0 Å². The van der Waals surface area contributed by atoms with Gasteiger partial charge in [0.05, 0.1) is 22.2 Å². The Balaban J connectivity index is 1.55. The minimum absolute atomic E-state index is 0.355. The summed E-state index contributed by atoms with van der Waals surface area (Å²) in [5, 5.41) is 2.51. The van der Waals surface area contributed by atoms with E-state index in [4.69, 9.17) is 9.31 Å². The Morgan fingerprint density at radius 2 is 1.41 bits per heavy atom. The fourth-order valence-corrected chi connectivity index (χ4v) is 4.96. The van der Waals surface area contributed by atoms with E-state index in [0.717, 1.165) is 11.9 Å². The van der Waals surface area contributed by atoms with Crippen LogP contribution in [0, 0.1) is 0 Å². The number of hydrogen-bond donors (Lipinski definition) is 0. The predicted octanol–water partition coefficient (Wildman–Crippen LogP) is 7.21. The van der Waals surface area contributed by atoms with Crippen molar-refractivity contribution in [2.24, 2.45) is 0 Å². The van der Waals surface area contributed by atoms with Crippen LogP contribution >= 0.6 is 0 Å². The van der Waals surface area contributed by atoms with Gasteiger partial charge >= 0.3 is 7.12 Å². The minimum atomic E-state index is -0.369. The van der Waals surface area contributed by atoms with Crippen molar-refractivity contribution in [2.45, 2.75) is 77.9 Å². The Kier molecular flexibility index (Phi) is 6.08. The summed E-state index contributed by atoms with van der Waals surface area (Å²) in [6, 6.07) is 24.4. The standard InChI is InChI=1S/C30H36BNO2/c1-6-7-8-9-12-22-15-18-24(19-16-22)32-27-14-11-10-13-25(27)26-20-17-23(21-28(26)32)31-33-29(2,3)30(4,5)34-31/h10-11,13-21H,6-9,12H2,1-5H3. The Morgan fingerprint density at radius 1 is 0.735 bits per heavy atom. The lowest BCUT2D eigenvalue weighted by Gasteiger charge is -2.32. The first-order valence-corrected chi connectivity index (χ1v) is 12.8. The number of hydrogen-bond acceptors (Lipinski definition) is 2. The van der Waals surface area contributed by atoms with Crippen molar-refractivity contribution >= 4 is 34.4 Å². The lowest BCUT2D eigenvalue weighted by molar-refractivity contribution is 0.00578. The average molecular weight is 453 g/mol. The molecule has 4 aromatic rings. The molecule has 5 rings (SSSR count). The summed E-state index contributed by atoms with van der Waals surface area (Å²) in [6.45, 7) is 10.7. The van der Waals surface area contributed by atoms with Crippen molar-refractivity contribution < 1.29 is 9.31 Å². The van der Waals surface area contributed by atoms with Gasteiger partial charge in [0, 0.05) is 16.5 Å². The van der Waals surface area contributed by atoms with E-state index in [1.807, 2.05) is 0 Å². The smallest absolute Gasteiger partial charge is 0.399 e. The van der Waals surface area contributed by atoms with Gasteiger partial charge in [-0.25, -0.2) is 0 Å². The summed E-state index contributed by atoms with van der Waals surface area (Å²) in [7, 11) is -0.369. The van der Waals surface area contributed by atoms with Gasteiger partial charge in [-0.15, -0.1) is 0 Å². The normalized spacial score (nSPS) is 17.1. The zero-order chi connectivity index (χ0) is 23.9. The van der Waals surface area contributed by atoms with Crippen LogP contribution in [-0.4, -0.2) is 22.9 Å². The van der Waals surface area contributed by atoms with Crippen LogP contribution in [0.5, 0.6) is 0 Å². The van der Waals surface area contributed by atoms with Gasteiger partial charge in [-0.1, -0.05) is 68.7 Å². The number of rotatable bonds is 7. The van der Waals surface area contributed by atoms with E-state index < -0.39 is 0 Å². The largest absolute Gasteiger partial charge is 0.494 e. The molecular weight excluding hydrogens is 417 g/mol. The van der Waals surface area contributed by atoms with Crippen LogP contribution in [0.3, 0.4) is 0 Å². The third-order valence-corrected chi connectivity index (χ3v) is 7.74. The van der Waals surface area contributed by atoms with E-state index >= 15 is 0 Å². The molecule has 1 aliphatic rings. The number of aryl methyl sites for hydroxylation is 1. The maximum Gasteiger partial charge on any atom is 0.494 e. The van der Waals surface area contributed by atoms with E-state index in [-0.39, 0.29) is 18.3 Å². The summed E-state index contributed by atoms with van der Waals surface area (Å²) < 4.78 is 15.1. The first-order chi connectivity index (χ1) is 16.3. The molecule has 1 aromatic heterocycles. The van der Waals surface area contributed by atoms with E-state index in [2.05, 4.69) is 106 Å². The van der Waals surface area contributed by atoms with Crippen molar-refractivity contribution in [3.63, 3.8) is 0 Å². The first-order valence-electron chi connectivity index (χ1n) is 12.8. The van der Waals surface area contributed by atoms with Gasteiger partial charge in [0.25, 0.3) is 0 Å². The molecule has 0 aliphatic carbocycles. The van der Waals surface area contributed by atoms with Crippen LogP contribution in [0.4, 0.5) is 0 Å². The number of nitrogens with zero attached hydrogens (tertiary/aromatic N) is 1. The van der Waals surface area contributed by atoms with Crippen LogP contribution < -0.4 is 5.46 Å². The molecule has 0 N–H and O–H groups in total. The summed E-state index contributed by atoms with van der Waals surface area (Å²) in [5.41, 5.74) is 5.36. The molecule has 1 aliphatic heterocycles. The zero-order valence-corrected chi connectivity index (χ0v) is 21.2. The zero-order valence-electron chi connectivity index (χ0n) is 21.2. The maximum atomic E-state index is 6.36. The molecule has 1 saturated heterocycles. The molecule has 0 bridgehead atoms. The van der Waals surface area contributed by atoms with Gasteiger partial charge in [0.2, 0.25) is 0 Å². The molecule has 0 spiro atoms.